The number of hydrogen-bond donors (Lipinski definition) is 3. The van der Waals surface area contributed by atoms with Gasteiger partial charge in [0.25, 0.3) is 0 Å². The van der Waals surface area contributed by atoms with E-state index in [1.807, 2.05) is 30.3 Å². The number of nitrogens with one attached hydrogen (secondary N) is 2. The Morgan fingerprint density at radius 2 is 1.64 bits per heavy atom. The normalized spacial score (nSPS) is 13.5. The number of ketones is 2. The first-order chi connectivity index (χ1) is 13.2. The van der Waals surface area contributed by atoms with Gasteiger partial charge in [-0.1, -0.05) is 36.8 Å². The molecule has 0 heterocycles. The zero-order chi connectivity index (χ0) is 21.2. The number of likely N-dealkylation sites (N-methyl/N-ethyl adjacent to an activating group) is 1. The van der Waals surface area contributed by atoms with Gasteiger partial charge in [-0.2, -0.15) is 0 Å². The van der Waals surface area contributed by atoms with Gasteiger partial charge in [0.15, 0.2) is 0 Å². The highest BCUT2D eigenvalue weighted by molar-refractivity contribution is 6.41. The van der Waals surface area contributed by atoms with Crippen molar-refractivity contribution in [1.29, 1.82) is 0 Å². The Morgan fingerprint density at radius 1 is 1.04 bits per heavy atom. The van der Waals surface area contributed by atoms with Crippen LogP contribution < -0.4 is 16.4 Å². The topological polar surface area (TPSA) is 111 Å². The highest BCUT2D eigenvalue weighted by Crippen LogP contribution is 2.11. The van der Waals surface area contributed by atoms with Crippen molar-refractivity contribution in [2.24, 2.45) is 5.73 Å². The Bertz CT molecular complexity index is 641. The van der Waals surface area contributed by atoms with Crippen molar-refractivity contribution in [3.8, 4) is 0 Å². The van der Waals surface area contributed by atoms with E-state index >= 15 is 0 Å². The first kappa shape index (κ1) is 23.8. The summed E-state index contributed by atoms with van der Waals surface area (Å²) in [5, 5.41) is 5.47. The number of unbranched alkanes of at least 4 members (excludes halogenated alkanes) is 1. The standard InChI is InChI=1S/C21H33N3O4/c1-21(2,3)28-20(27)24-17(14-15-10-6-5-7-11-15)19(26)18(25)16(23-4)12-8-9-13-22/h5-7,10-11,16-17,23H,8-9,12-14,22H2,1-4H3,(H,24,27)/t16-,17-/m0/s1. The smallest absolute Gasteiger partial charge is 0.408 e. The molecule has 2 atom stereocenters. The minimum atomic E-state index is -0.991. The number of amides is 1. The van der Waals surface area contributed by atoms with Gasteiger partial charge in [-0.3, -0.25) is 9.59 Å². The number of rotatable bonds is 11. The minimum absolute atomic E-state index is 0.212. The van der Waals surface area contributed by atoms with E-state index in [2.05, 4.69) is 10.6 Å². The molecule has 0 aromatic heterocycles. The zero-order valence-corrected chi connectivity index (χ0v) is 17.3. The molecule has 0 saturated heterocycles. The number of ether oxygens (including phenoxy) is 1. The first-order valence-corrected chi connectivity index (χ1v) is 9.66. The SMILES string of the molecule is CN[C@@H](CCCCN)C(=O)C(=O)[C@H](Cc1ccccc1)NC(=O)OC(C)(C)C. The lowest BCUT2D eigenvalue weighted by Crippen LogP contribution is -2.51. The summed E-state index contributed by atoms with van der Waals surface area (Å²) in [6.45, 7) is 5.75. The molecule has 0 radical (unpaired) electrons. The second-order valence-corrected chi connectivity index (χ2v) is 7.74. The Labute approximate surface area is 167 Å². The Morgan fingerprint density at radius 3 is 2.18 bits per heavy atom. The van der Waals surface area contributed by atoms with Crippen LogP contribution in [0.2, 0.25) is 0 Å². The molecule has 0 unspecified atom stereocenters. The molecule has 1 rings (SSSR count). The average Bonchev–Trinajstić information content (AvgIpc) is 2.63. The summed E-state index contributed by atoms with van der Waals surface area (Å²) in [7, 11) is 1.64. The van der Waals surface area contributed by atoms with E-state index in [-0.39, 0.29) is 6.42 Å². The minimum Gasteiger partial charge on any atom is -0.444 e. The van der Waals surface area contributed by atoms with Crippen LogP contribution >= 0.6 is 0 Å². The molecule has 0 aliphatic carbocycles. The van der Waals surface area contributed by atoms with E-state index < -0.39 is 35.3 Å². The van der Waals surface area contributed by atoms with Gasteiger partial charge in [-0.25, -0.2) is 4.79 Å². The van der Waals surface area contributed by atoms with E-state index in [9.17, 15) is 14.4 Å². The van der Waals surface area contributed by atoms with Crippen LogP contribution in [0.5, 0.6) is 0 Å². The summed E-state index contributed by atoms with van der Waals surface area (Å²) < 4.78 is 5.26. The molecule has 4 N–H and O–H groups in total. The van der Waals surface area contributed by atoms with Crippen molar-refractivity contribution in [2.45, 2.75) is 64.1 Å². The fourth-order valence-electron chi connectivity index (χ4n) is 2.75. The van der Waals surface area contributed by atoms with Gasteiger partial charge in [0, 0.05) is 6.42 Å². The van der Waals surface area contributed by atoms with E-state index in [0.29, 0.717) is 13.0 Å². The molecule has 1 amide bonds. The summed E-state index contributed by atoms with van der Waals surface area (Å²) in [5.41, 5.74) is 5.64. The third-order valence-electron chi connectivity index (χ3n) is 4.14. The lowest BCUT2D eigenvalue weighted by Gasteiger charge is -2.24. The largest absolute Gasteiger partial charge is 0.444 e. The van der Waals surface area contributed by atoms with Gasteiger partial charge in [-0.15, -0.1) is 0 Å². The highest BCUT2D eigenvalue weighted by atomic mass is 16.6. The van der Waals surface area contributed by atoms with Crippen LogP contribution in [0.1, 0.15) is 45.6 Å². The molecule has 28 heavy (non-hydrogen) atoms. The molecule has 7 nitrogen and oxygen atoms in total. The predicted molar refractivity (Wildman–Crippen MR) is 109 cm³/mol. The van der Waals surface area contributed by atoms with Crippen LogP contribution in [0.4, 0.5) is 4.79 Å². The molecule has 7 heteroatoms. The van der Waals surface area contributed by atoms with E-state index in [1.54, 1.807) is 27.8 Å². The van der Waals surface area contributed by atoms with Crippen molar-refractivity contribution in [3.05, 3.63) is 35.9 Å². The van der Waals surface area contributed by atoms with Crippen molar-refractivity contribution in [1.82, 2.24) is 10.6 Å². The predicted octanol–water partition coefficient (Wildman–Crippen LogP) is 1.98. The second kappa shape index (κ2) is 11.6. The van der Waals surface area contributed by atoms with Crippen molar-refractivity contribution < 1.29 is 19.1 Å². The van der Waals surface area contributed by atoms with Gasteiger partial charge < -0.3 is 21.1 Å². The summed E-state index contributed by atoms with van der Waals surface area (Å²) in [4.78, 5) is 37.8. The van der Waals surface area contributed by atoms with Crippen LogP contribution in [0.25, 0.3) is 0 Å². The summed E-state index contributed by atoms with van der Waals surface area (Å²) in [5.74, 6) is -1.18. The molecule has 0 aliphatic heterocycles. The average molecular weight is 392 g/mol. The second-order valence-electron chi connectivity index (χ2n) is 7.74. The third kappa shape index (κ3) is 8.63. The molecule has 0 fully saturated rings. The molecular weight excluding hydrogens is 358 g/mol. The molecule has 156 valence electrons. The van der Waals surface area contributed by atoms with E-state index in [4.69, 9.17) is 10.5 Å². The fourth-order valence-corrected chi connectivity index (χ4v) is 2.75. The lowest BCUT2D eigenvalue weighted by molar-refractivity contribution is -0.139. The number of alkyl carbamates (subject to hydrolysis) is 1. The molecule has 0 saturated carbocycles. The quantitative estimate of drug-likeness (QED) is 0.393. The van der Waals surface area contributed by atoms with Crippen LogP contribution in [-0.4, -0.2) is 48.9 Å². The van der Waals surface area contributed by atoms with Crippen molar-refractivity contribution in [3.63, 3.8) is 0 Å². The Kier molecular flexibility index (Phi) is 9.82. The first-order valence-electron chi connectivity index (χ1n) is 9.66. The molecule has 1 aromatic rings. The Hall–Kier alpha value is -2.25. The van der Waals surface area contributed by atoms with Crippen LogP contribution in [0.3, 0.4) is 0 Å². The summed E-state index contributed by atoms with van der Waals surface area (Å²) >= 11 is 0. The monoisotopic (exact) mass is 391 g/mol. The van der Waals surface area contributed by atoms with Gasteiger partial charge in [0.1, 0.15) is 11.6 Å². The number of carbonyl (C=O) groups is 3. The molecule has 0 bridgehead atoms. The van der Waals surface area contributed by atoms with Gasteiger partial charge in [-0.05, 0) is 52.8 Å². The Balaban J connectivity index is 2.93. The van der Waals surface area contributed by atoms with E-state index in [0.717, 1.165) is 18.4 Å². The number of carbonyl (C=O) groups excluding carboxylic acids is 3. The maximum atomic E-state index is 12.9. The fraction of sp³-hybridized carbons (Fsp3) is 0.571. The lowest BCUT2D eigenvalue weighted by atomic mass is 9.95. The molecule has 0 aliphatic rings. The van der Waals surface area contributed by atoms with Crippen LogP contribution in [0, 0.1) is 0 Å². The highest BCUT2D eigenvalue weighted by Gasteiger charge is 2.32. The third-order valence-corrected chi connectivity index (χ3v) is 4.14. The molecule has 0 spiro atoms. The zero-order valence-electron chi connectivity index (χ0n) is 17.3. The number of benzene rings is 1. The van der Waals surface area contributed by atoms with Crippen molar-refractivity contribution in [2.75, 3.05) is 13.6 Å². The molecule has 1 aromatic carbocycles. The van der Waals surface area contributed by atoms with Gasteiger partial charge >= 0.3 is 6.09 Å². The van der Waals surface area contributed by atoms with Crippen LogP contribution in [0.15, 0.2) is 30.3 Å². The van der Waals surface area contributed by atoms with Gasteiger partial charge in [0.05, 0.1) is 6.04 Å². The van der Waals surface area contributed by atoms with E-state index in [1.165, 1.54) is 0 Å². The maximum absolute atomic E-state index is 12.9. The maximum Gasteiger partial charge on any atom is 0.408 e. The number of Topliss-reactive ketones (excluding diaryl/α,β-unsaturated/α-hetero) is 2. The summed E-state index contributed by atoms with van der Waals surface area (Å²) in [6.07, 6.45) is 1.53. The number of nitrogens with two attached hydrogens (primary N) is 1. The van der Waals surface area contributed by atoms with Gasteiger partial charge in [0.2, 0.25) is 11.6 Å². The molecular formula is C21H33N3O4. The van der Waals surface area contributed by atoms with Crippen molar-refractivity contribution >= 4 is 17.7 Å². The number of hydrogen-bond acceptors (Lipinski definition) is 6. The summed E-state index contributed by atoms with van der Waals surface area (Å²) in [6, 6.07) is 7.65. The van der Waals surface area contributed by atoms with Crippen LogP contribution in [-0.2, 0) is 20.7 Å².